The lowest BCUT2D eigenvalue weighted by molar-refractivity contribution is 0.0520. The molecule has 0 aliphatic carbocycles. The van der Waals surface area contributed by atoms with Crippen LogP contribution in [0.25, 0.3) is 0 Å². The van der Waals surface area contributed by atoms with Gasteiger partial charge in [-0.25, -0.2) is 4.79 Å². The molecule has 8 nitrogen and oxygen atoms in total. The van der Waals surface area contributed by atoms with E-state index in [9.17, 15) is 4.79 Å². The molecule has 0 heterocycles. The number of rotatable bonds is 9. The van der Waals surface area contributed by atoms with Crippen LogP contribution >= 0.6 is 0 Å². The molecule has 0 aromatic heterocycles. The van der Waals surface area contributed by atoms with Gasteiger partial charge in [-0.2, -0.15) is 0 Å². The number of benzene rings is 2. The highest BCUT2D eigenvalue weighted by Gasteiger charge is 2.15. The van der Waals surface area contributed by atoms with Gasteiger partial charge in [-0.3, -0.25) is 0 Å². The van der Waals surface area contributed by atoms with E-state index in [0.29, 0.717) is 37.8 Å². The maximum atomic E-state index is 11.4. The first kappa shape index (κ1) is 25.9. The van der Waals surface area contributed by atoms with E-state index in [4.69, 9.17) is 29.4 Å². The van der Waals surface area contributed by atoms with Crippen LogP contribution in [0, 0.1) is 0 Å². The quantitative estimate of drug-likeness (QED) is 0.581. The summed E-state index contributed by atoms with van der Waals surface area (Å²) in [7, 11) is 3.20. The zero-order valence-corrected chi connectivity index (χ0v) is 19.0. The van der Waals surface area contributed by atoms with Crippen LogP contribution in [-0.4, -0.2) is 52.2 Å². The molecular weight excluding hydrogens is 400 g/mol. The van der Waals surface area contributed by atoms with E-state index in [0.717, 1.165) is 11.5 Å². The van der Waals surface area contributed by atoms with Gasteiger partial charge in [-0.15, -0.1) is 0 Å². The van der Waals surface area contributed by atoms with Gasteiger partial charge >= 0.3 is 6.09 Å². The number of methoxy groups -OCH3 is 2. The molecule has 3 N–H and O–H groups in total. The Balaban J connectivity index is 0.000000343. The Morgan fingerprint density at radius 1 is 0.839 bits per heavy atom. The second-order valence-electron chi connectivity index (χ2n) is 7.22. The van der Waals surface area contributed by atoms with E-state index in [1.807, 2.05) is 69.3 Å². The standard InChI is InChI=1S/C14H21NO4.C9H13NO2/c1-14(2,3)19-13(16)15-9-10-18-12-8-6-5-7-11(12)17-4;1-11-8-4-2-3-5-9(8)12-7-6-10/h5-8H,9-10H2,1-4H3,(H,15,16);2-5H,6-7,10H2,1H3. The third-order valence-electron chi connectivity index (χ3n) is 3.54. The predicted molar refractivity (Wildman–Crippen MR) is 120 cm³/mol. The average Bonchev–Trinajstić information content (AvgIpc) is 2.75. The lowest BCUT2D eigenvalue weighted by Crippen LogP contribution is -2.34. The third-order valence-corrected chi connectivity index (χ3v) is 3.54. The number of hydrogen-bond donors (Lipinski definition) is 2. The average molecular weight is 435 g/mol. The molecule has 172 valence electrons. The summed E-state index contributed by atoms with van der Waals surface area (Å²) < 4.78 is 26.2. The fraction of sp³-hybridized carbons (Fsp3) is 0.435. The van der Waals surface area contributed by atoms with Crippen molar-refractivity contribution in [3.05, 3.63) is 48.5 Å². The van der Waals surface area contributed by atoms with Gasteiger partial charge < -0.3 is 34.7 Å². The van der Waals surface area contributed by atoms with E-state index in [2.05, 4.69) is 5.32 Å². The van der Waals surface area contributed by atoms with Crippen molar-refractivity contribution in [2.75, 3.05) is 40.5 Å². The van der Waals surface area contributed by atoms with Crippen LogP contribution in [0.1, 0.15) is 20.8 Å². The number of nitrogens with two attached hydrogens (primary N) is 1. The van der Waals surface area contributed by atoms with Gasteiger partial charge in [0.1, 0.15) is 18.8 Å². The number of amides is 1. The lowest BCUT2D eigenvalue weighted by Gasteiger charge is -2.19. The van der Waals surface area contributed by atoms with Gasteiger partial charge in [0.05, 0.1) is 20.8 Å². The van der Waals surface area contributed by atoms with Crippen molar-refractivity contribution in [2.24, 2.45) is 5.73 Å². The molecule has 8 heteroatoms. The first-order chi connectivity index (χ1) is 14.8. The maximum absolute atomic E-state index is 11.4. The molecule has 0 saturated heterocycles. The van der Waals surface area contributed by atoms with Crippen LogP contribution in [0.4, 0.5) is 4.79 Å². The third kappa shape index (κ3) is 11.0. The first-order valence-electron chi connectivity index (χ1n) is 9.99. The van der Waals surface area contributed by atoms with Gasteiger partial charge in [0.25, 0.3) is 0 Å². The van der Waals surface area contributed by atoms with Crippen LogP contribution in [-0.2, 0) is 4.74 Å². The molecule has 0 saturated carbocycles. The summed E-state index contributed by atoms with van der Waals surface area (Å²) in [6.45, 7) is 7.19. The van der Waals surface area contributed by atoms with Gasteiger partial charge in [-0.05, 0) is 45.0 Å². The van der Waals surface area contributed by atoms with Gasteiger partial charge in [0.2, 0.25) is 0 Å². The number of ether oxygens (including phenoxy) is 5. The van der Waals surface area contributed by atoms with E-state index < -0.39 is 11.7 Å². The van der Waals surface area contributed by atoms with Crippen molar-refractivity contribution >= 4 is 6.09 Å². The van der Waals surface area contributed by atoms with Gasteiger partial charge in [0, 0.05) is 6.54 Å². The number of nitrogens with one attached hydrogen (secondary N) is 1. The number of carbonyl (C=O) groups is 1. The number of carbonyl (C=O) groups excluding carboxylic acids is 1. The molecule has 0 spiro atoms. The Hall–Kier alpha value is -3.13. The van der Waals surface area contributed by atoms with Crippen LogP contribution in [0.5, 0.6) is 23.0 Å². The van der Waals surface area contributed by atoms with E-state index >= 15 is 0 Å². The minimum absolute atomic E-state index is 0.347. The van der Waals surface area contributed by atoms with Crippen LogP contribution in [0.2, 0.25) is 0 Å². The summed E-state index contributed by atoms with van der Waals surface area (Å²) in [4.78, 5) is 11.4. The minimum Gasteiger partial charge on any atom is -0.493 e. The molecule has 31 heavy (non-hydrogen) atoms. The van der Waals surface area contributed by atoms with Crippen molar-refractivity contribution in [1.29, 1.82) is 0 Å². The highest BCUT2D eigenvalue weighted by Crippen LogP contribution is 2.26. The first-order valence-corrected chi connectivity index (χ1v) is 9.99. The molecular formula is C23H34N2O6. The molecule has 2 aromatic carbocycles. The predicted octanol–water partition coefficient (Wildman–Crippen LogP) is 3.63. The molecule has 0 bridgehead atoms. The van der Waals surface area contributed by atoms with E-state index in [-0.39, 0.29) is 0 Å². The fourth-order valence-corrected chi connectivity index (χ4v) is 2.27. The topological polar surface area (TPSA) is 101 Å². The molecule has 0 aliphatic rings. The number of alkyl carbamates (subject to hydrolysis) is 1. The maximum Gasteiger partial charge on any atom is 0.407 e. The van der Waals surface area contributed by atoms with E-state index in [1.54, 1.807) is 14.2 Å². The summed E-state index contributed by atoms with van der Waals surface area (Å²) in [6, 6.07) is 14.9. The summed E-state index contributed by atoms with van der Waals surface area (Å²) >= 11 is 0. The van der Waals surface area contributed by atoms with Crippen molar-refractivity contribution in [3.8, 4) is 23.0 Å². The molecule has 2 aromatic rings. The molecule has 0 atom stereocenters. The SMILES string of the molecule is COc1ccccc1OCCN.COc1ccccc1OCCNC(=O)OC(C)(C)C. The van der Waals surface area contributed by atoms with Crippen molar-refractivity contribution in [3.63, 3.8) is 0 Å². The zero-order chi connectivity index (χ0) is 23.1. The largest absolute Gasteiger partial charge is 0.493 e. The molecule has 2 rings (SSSR count). The van der Waals surface area contributed by atoms with Crippen molar-refractivity contribution in [2.45, 2.75) is 26.4 Å². The van der Waals surface area contributed by atoms with Gasteiger partial charge in [0.15, 0.2) is 23.0 Å². The summed E-state index contributed by atoms with van der Waals surface area (Å²) in [5, 5.41) is 2.62. The number of hydrogen-bond acceptors (Lipinski definition) is 7. The molecule has 1 amide bonds. The summed E-state index contributed by atoms with van der Waals surface area (Å²) in [5.74, 6) is 2.80. The Labute approximate surface area is 184 Å². The fourth-order valence-electron chi connectivity index (χ4n) is 2.27. The Kier molecular flexibility index (Phi) is 11.7. The molecule has 0 aliphatic heterocycles. The smallest absolute Gasteiger partial charge is 0.407 e. The summed E-state index contributed by atoms with van der Waals surface area (Å²) in [5.41, 5.74) is 4.81. The molecule has 0 unspecified atom stereocenters. The van der Waals surface area contributed by atoms with Crippen molar-refractivity contribution in [1.82, 2.24) is 5.32 Å². The van der Waals surface area contributed by atoms with E-state index in [1.165, 1.54) is 0 Å². The van der Waals surface area contributed by atoms with Crippen molar-refractivity contribution < 1.29 is 28.5 Å². The van der Waals surface area contributed by atoms with Crippen LogP contribution < -0.4 is 30.0 Å². The van der Waals surface area contributed by atoms with Crippen LogP contribution in [0.3, 0.4) is 0 Å². The monoisotopic (exact) mass is 434 g/mol. The molecule has 0 radical (unpaired) electrons. The highest BCUT2D eigenvalue weighted by molar-refractivity contribution is 5.67. The molecule has 0 fully saturated rings. The highest BCUT2D eigenvalue weighted by atomic mass is 16.6. The van der Waals surface area contributed by atoms with Crippen LogP contribution in [0.15, 0.2) is 48.5 Å². The minimum atomic E-state index is -0.492. The Morgan fingerprint density at radius 2 is 1.29 bits per heavy atom. The second kappa shape index (κ2) is 14.0. The normalized spacial score (nSPS) is 10.3. The second-order valence-corrected chi connectivity index (χ2v) is 7.22. The zero-order valence-electron chi connectivity index (χ0n) is 19.0. The lowest BCUT2D eigenvalue weighted by atomic mass is 10.2. The Morgan fingerprint density at radius 3 is 1.71 bits per heavy atom. The number of para-hydroxylation sites is 4. The Bertz CT molecular complexity index is 777. The summed E-state index contributed by atoms with van der Waals surface area (Å²) in [6.07, 6.45) is -0.448. The van der Waals surface area contributed by atoms with Gasteiger partial charge in [-0.1, -0.05) is 24.3 Å².